The lowest BCUT2D eigenvalue weighted by Crippen LogP contribution is -2.55. The molecule has 0 unspecified atom stereocenters. The molecule has 1 aliphatic carbocycles. The van der Waals surface area contributed by atoms with Gasteiger partial charge in [-0.3, -0.25) is 4.79 Å². The van der Waals surface area contributed by atoms with Crippen LogP contribution in [0.25, 0.3) is 10.8 Å². The Kier molecular flexibility index (Phi) is 8.48. The van der Waals surface area contributed by atoms with E-state index in [1.54, 1.807) is 4.90 Å². The second kappa shape index (κ2) is 12.6. The molecule has 2 aromatic carbocycles. The van der Waals surface area contributed by atoms with Gasteiger partial charge in [-0.25, -0.2) is 0 Å². The van der Waals surface area contributed by atoms with Crippen LogP contribution in [0.15, 0.2) is 49.1 Å². The summed E-state index contributed by atoms with van der Waals surface area (Å²) in [6.07, 6.45) is 6.20. The SMILES string of the molecule is C=CC(=O)N1CCN(c2nc(OCCN(C)C3CCC3)nc3c2CCN(c2cccc4cccc(C)c24)C3)C[C@@H]1CC#N. The molecule has 1 amide bonds. The van der Waals surface area contributed by atoms with E-state index in [4.69, 9.17) is 14.7 Å². The summed E-state index contributed by atoms with van der Waals surface area (Å²) in [4.78, 5) is 31.3. The number of hydrogen-bond acceptors (Lipinski definition) is 8. The van der Waals surface area contributed by atoms with Crippen molar-refractivity contribution in [2.45, 2.75) is 57.7 Å². The molecule has 3 aliphatic rings. The van der Waals surface area contributed by atoms with E-state index in [0.29, 0.717) is 44.8 Å². The highest BCUT2D eigenvalue weighted by Crippen LogP contribution is 2.36. The van der Waals surface area contributed by atoms with E-state index in [9.17, 15) is 10.1 Å². The number of ether oxygens (including phenoxy) is 1. The lowest BCUT2D eigenvalue weighted by atomic mass is 9.92. The van der Waals surface area contributed by atoms with Crippen molar-refractivity contribution in [3.63, 3.8) is 0 Å². The fourth-order valence-electron chi connectivity index (χ4n) is 6.72. The highest BCUT2D eigenvalue weighted by Gasteiger charge is 2.33. The Morgan fingerprint density at radius 1 is 1.16 bits per heavy atom. The van der Waals surface area contributed by atoms with Crippen LogP contribution in [0.2, 0.25) is 0 Å². The van der Waals surface area contributed by atoms with Crippen molar-refractivity contribution in [3.05, 3.63) is 65.9 Å². The van der Waals surface area contributed by atoms with Crippen molar-refractivity contribution >= 4 is 28.2 Å². The Hall–Kier alpha value is -4.16. The zero-order valence-electron chi connectivity index (χ0n) is 25.3. The normalized spacial score (nSPS) is 18.7. The first-order valence-corrected chi connectivity index (χ1v) is 15.5. The number of amides is 1. The lowest BCUT2D eigenvalue weighted by molar-refractivity contribution is -0.128. The molecule has 2 fully saturated rings. The topological polar surface area (TPSA) is 88.8 Å². The molecule has 1 saturated heterocycles. The maximum absolute atomic E-state index is 12.5. The number of likely N-dealkylation sites (N-methyl/N-ethyl adjacent to an activating group) is 1. The van der Waals surface area contributed by atoms with Crippen molar-refractivity contribution in [1.82, 2.24) is 19.8 Å². The number of nitriles is 1. The number of aromatic nitrogens is 2. The summed E-state index contributed by atoms with van der Waals surface area (Å²) in [5, 5.41) is 12.0. The Balaban J connectivity index is 1.30. The maximum Gasteiger partial charge on any atom is 0.318 e. The van der Waals surface area contributed by atoms with Crippen LogP contribution in [-0.2, 0) is 17.8 Å². The molecule has 1 atom stereocenters. The number of nitrogens with zero attached hydrogens (tertiary/aromatic N) is 7. The molecule has 1 aromatic heterocycles. The molecule has 9 heteroatoms. The molecule has 9 nitrogen and oxygen atoms in total. The van der Waals surface area contributed by atoms with E-state index in [2.05, 4.69) is 77.7 Å². The summed E-state index contributed by atoms with van der Waals surface area (Å²) in [5.41, 5.74) is 4.59. The minimum Gasteiger partial charge on any atom is -0.462 e. The molecule has 2 aliphatic heterocycles. The van der Waals surface area contributed by atoms with Crippen molar-refractivity contribution < 1.29 is 9.53 Å². The van der Waals surface area contributed by atoms with E-state index in [1.807, 2.05) is 0 Å². The largest absolute Gasteiger partial charge is 0.462 e. The molecule has 43 heavy (non-hydrogen) atoms. The number of anilines is 2. The van der Waals surface area contributed by atoms with E-state index in [-0.39, 0.29) is 18.4 Å². The summed E-state index contributed by atoms with van der Waals surface area (Å²) < 4.78 is 6.24. The van der Waals surface area contributed by atoms with Crippen molar-refractivity contribution in [2.75, 3.05) is 56.2 Å². The number of rotatable bonds is 9. The summed E-state index contributed by atoms with van der Waals surface area (Å²) in [5.74, 6) is 0.736. The average Bonchev–Trinajstić information content (AvgIpc) is 2.99. The fourth-order valence-corrected chi connectivity index (χ4v) is 6.72. The van der Waals surface area contributed by atoms with Crippen LogP contribution in [0.4, 0.5) is 11.5 Å². The molecule has 0 spiro atoms. The first kappa shape index (κ1) is 28.9. The minimum absolute atomic E-state index is 0.134. The van der Waals surface area contributed by atoms with E-state index < -0.39 is 0 Å². The van der Waals surface area contributed by atoms with Crippen LogP contribution in [0, 0.1) is 18.3 Å². The lowest BCUT2D eigenvalue weighted by Gasteiger charge is -2.42. The number of piperazine rings is 1. The molecule has 1 saturated carbocycles. The molecule has 3 aromatic rings. The minimum atomic E-state index is -0.228. The molecule has 224 valence electrons. The monoisotopic (exact) mass is 579 g/mol. The standard InChI is InChI=1S/C34H41N7O2/c1-4-31(42)41-19-18-40(22-27(41)14-16-35)33-28-15-17-39(30-13-6-10-25-9-5-8-24(2)32(25)30)23-29(28)36-34(37-33)43-21-20-38(3)26-11-7-12-26/h4-6,8-10,13,26-27H,1,7,11-12,14-15,17-23H2,2-3H3/t27-/m0/s1. The van der Waals surface area contributed by atoms with Gasteiger partial charge in [-0.15, -0.1) is 0 Å². The van der Waals surface area contributed by atoms with E-state index in [1.165, 1.54) is 47.4 Å². The van der Waals surface area contributed by atoms with E-state index >= 15 is 0 Å². The van der Waals surface area contributed by atoms with E-state index in [0.717, 1.165) is 36.6 Å². The Morgan fingerprint density at radius 3 is 2.72 bits per heavy atom. The Labute approximate surface area is 254 Å². The van der Waals surface area contributed by atoms with Crippen LogP contribution >= 0.6 is 0 Å². The van der Waals surface area contributed by atoms with Crippen molar-refractivity contribution in [3.8, 4) is 12.1 Å². The predicted molar refractivity (Wildman–Crippen MR) is 169 cm³/mol. The number of carbonyl (C=O) groups is 1. The highest BCUT2D eigenvalue weighted by molar-refractivity contribution is 5.97. The Morgan fingerprint density at radius 2 is 1.98 bits per heavy atom. The molecule has 3 heterocycles. The number of fused-ring (bicyclic) bond motifs is 2. The predicted octanol–water partition coefficient (Wildman–Crippen LogP) is 4.48. The second-order valence-corrected chi connectivity index (χ2v) is 12.0. The third kappa shape index (κ3) is 5.89. The quantitative estimate of drug-likeness (QED) is 0.343. The van der Waals surface area contributed by atoms with Gasteiger partial charge in [0, 0.05) is 55.4 Å². The zero-order chi connectivity index (χ0) is 29.9. The first-order chi connectivity index (χ1) is 21.0. The Bertz CT molecular complexity index is 1540. The van der Waals surface area contributed by atoms with Gasteiger partial charge in [0.15, 0.2) is 0 Å². The molecule has 0 radical (unpaired) electrons. The van der Waals surface area contributed by atoms with Gasteiger partial charge in [0.25, 0.3) is 0 Å². The fraction of sp³-hybridized carbons (Fsp3) is 0.471. The third-order valence-corrected chi connectivity index (χ3v) is 9.39. The van der Waals surface area contributed by atoms with Crippen LogP contribution in [0.3, 0.4) is 0 Å². The van der Waals surface area contributed by atoms with Gasteiger partial charge in [-0.1, -0.05) is 43.3 Å². The first-order valence-electron chi connectivity index (χ1n) is 15.5. The number of hydrogen-bond donors (Lipinski definition) is 0. The third-order valence-electron chi connectivity index (χ3n) is 9.39. The molecule has 0 bridgehead atoms. The smallest absolute Gasteiger partial charge is 0.318 e. The molecule has 6 rings (SSSR count). The summed E-state index contributed by atoms with van der Waals surface area (Å²) in [7, 11) is 2.16. The van der Waals surface area contributed by atoms with Gasteiger partial charge < -0.3 is 24.3 Å². The summed E-state index contributed by atoms with van der Waals surface area (Å²) >= 11 is 0. The zero-order valence-corrected chi connectivity index (χ0v) is 25.3. The number of aryl methyl sites for hydroxylation is 1. The van der Waals surface area contributed by atoms with Gasteiger partial charge in [0.2, 0.25) is 5.91 Å². The maximum atomic E-state index is 12.5. The van der Waals surface area contributed by atoms with Gasteiger partial charge in [-0.2, -0.15) is 15.2 Å². The van der Waals surface area contributed by atoms with Crippen molar-refractivity contribution in [2.24, 2.45) is 0 Å². The van der Waals surface area contributed by atoms with Gasteiger partial charge in [0.1, 0.15) is 12.4 Å². The van der Waals surface area contributed by atoms with Crippen LogP contribution in [-0.4, -0.2) is 84.1 Å². The summed E-state index contributed by atoms with van der Waals surface area (Å²) in [6.45, 7) is 10.4. The van der Waals surface area contributed by atoms with Crippen LogP contribution in [0.1, 0.15) is 42.5 Å². The van der Waals surface area contributed by atoms with Crippen molar-refractivity contribution in [1.29, 1.82) is 5.26 Å². The van der Waals surface area contributed by atoms with Gasteiger partial charge >= 0.3 is 6.01 Å². The molecular weight excluding hydrogens is 538 g/mol. The van der Waals surface area contributed by atoms with Gasteiger partial charge in [-0.05, 0) is 56.3 Å². The number of carbonyl (C=O) groups excluding carboxylic acids is 1. The molecular formula is C34H41N7O2. The highest BCUT2D eigenvalue weighted by atomic mass is 16.5. The second-order valence-electron chi connectivity index (χ2n) is 12.0. The molecule has 0 N–H and O–H groups in total. The summed E-state index contributed by atoms with van der Waals surface area (Å²) in [6, 6.07) is 16.0. The number of benzene rings is 2. The van der Waals surface area contributed by atoms with Gasteiger partial charge in [0.05, 0.1) is 30.8 Å². The average molecular weight is 580 g/mol. The van der Waals surface area contributed by atoms with Crippen LogP contribution in [0.5, 0.6) is 6.01 Å². The van der Waals surface area contributed by atoms with Crippen LogP contribution < -0.4 is 14.5 Å².